The lowest BCUT2D eigenvalue weighted by molar-refractivity contribution is -0.145. The van der Waals surface area contributed by atoms with Crippen LogP contribution in [-0.2, 0) is 19.4 Å². The molecule has 1 fully saturated rings. The maximum absolute atomic E-state index is 13.1. The molecule has 2 aromatic rings. The number of aromatic amines is 1. The Labute approximate surface area is 146 Å². The van der Waals surface area contributed by atoms with Crippen molar-refractivity contribution in [3.05, 3.63) is 54.4 Å². The molecule has 1 saturated carbocycles. The van der Waals surface area contributed by atoms with Gasteiger partial charge in [-0.05, 0) is 37.1 Å². The molecule has 0 aliphatic heterocycles. The molecule has 1 aromatic heterocycles. The largest absolute Gasteiger partial charge is 0.456 e. The molecule has 0 radical (unpaired) electrons. The summed E-state index contributed by atoms with van der Waals surface area (Å²) < 4.78 is 29.7. The van der Waals surface area contributed by atoms with E-state index in [9.17, 15) is 18.0 Å². The second kappa shape index (κ2) is 6.84. The predicted octanol–water partition coefficient (Wildman–Crippen LogP) is 2.53. The number of carbonyl (C=O) groups excluding carboxylic acids is 2. The van der Waals surface area contributed by atoms with Gasteiger partial charge in [-0.3, -0.25) is 9.59 Å². The second-order valence-electron chi connectivity index (χ2n) is 6.10. The van der Waals surface area contributed by atoms with E-state index in [1.807, 2.05) is 0 Å². The summed E-state index contributed by atoms with van der Waals surface area (Å²) in [5.41, 5.74) is 0.319. The smallest absolute Gasteiger partial charge is 0.328 e. The molecule has 1 heterocycles. The molecule has 1 aliphatic carbocycles. The Bertz CT molecular complexity index is 850. The summed E-state index contributed by atoms with van der Waals surface area (Å²) in [6.07, 6.45) is 3.27. The van der Waals surface area contributed by atoms with Crippen LogP contribution in [-0.4, -0.2) is 36.5 Å². The summed E-state index contributed by atoms with van der Waals surface area (Å²) in [5, 5.41) is 0. The molecule has 0 spiro atoms. The van der Waals surface area contributed by atoms with Gasteiger partial charge in [0.1, 0.15) is 0 Å². The lowest BCUT2D eigenvalue weighted by Crippen LogP contribution is -2.45. The molecule has 0 bridgehead atoms. The number of hydrogen-bond donors (Lipinski definition) is 1. The minimum absolute atomic E-state index is 0.101. The number of ketones is 1. The van der Waals surface area contributed by atoms with Crippen molar-refractivity contribution in [2.75, 3.05) is 6.61 Å². The summed E-state index contributed by atoms with van der Waals surface area (Å²) in [6, 6.07) is 11.1. The van der Waals surface area contributed by atoms with Crippen LogP contribution < -0.4 is 0 Å². The van der Waals surface area contributed by atoms with Crippen LogP contribution in [0.2, 0.25) is 0 Å². The van der Waals surface area contributed by atoms with Crippen molar-refractivity contribution in [2.24, 2.45) is 0 Å². The predicted molar refractivity (Wildman–Crippen MR) is 90.9 cm³/mol. The molecular weight excluding hydrogens is 342 g/mol. The van der Waals surface area contributed by atoms with Crippen LogP contribution in [0.4, 0.5) is 0 Å². The number of sulfone groups is 1. The molecular formula is C18H19NO5S. The highest BCUT2D eigenvalue weighted by molar-refractivity contribution is 7.93. The first-order valence-corrected chi connectivity index (χ1v) is 9.59. The van der Waals surface area contributed by atoms with Crippen LogP contribution in [0.1, 0.15) is 36.2 Å². The first-order chi connectivity index (χ1) is 12.0. The van der Waals surface area contributed by atoms with Crippen LogP contribution >= 0.6 is 0 Å². The summed E-state index contributed by atoms with van der Waals surface area (Å²) in [7, 11) is -3.89. The molecule has 0 saturated heterocycles. The van der Waals surface area contributed by atoms with Crippen LogP contribution in [0.5, 0.6) is 0 Å². The number of H-pyrrole nitrogens is 1. The van der Waals surface area contributed by atoms with E-state index in [0.29, 0.717) is 18.5 Å². The van der Waals surface area contributed by atoms with E-state index < -0.39 is 32.9 Å². The Balaban J connectivity index is 1.83. The fourth-order valence-electron chi connectivity index (χ4n) is 3.20. The maximum atomic E-state index is 13.1. The van der Waals surface area contributed by atoms with Gasteiger partial charge in [-0.25, -0.2) is 8.42 Å². The fraction of sp³-hybridized carbons (Fsp3) is 0.333. The number of rotatable bonds is 6. The fourth-order valence-corrected chi connectivity index (χ4v) is 5.27. The van der Waals surface area contributed by atoms with Crippen molar-refractivity contribution in [1.82, 2.24) is 4.98 Å². The lowest BCUT2D eigenvalue weighted by atomic mass is 10.1. The number of aromatic nitrogens is 1. The number of hydrogen-bond acceptors (Lipinski definition) is 5. The van der Waals surface area contributed by atoms with Crippen molar-refractivity contribution < 1.29 is 22.7 Å². The first-order valence-electron chi connectivity index (χ1n) is 8.11. The van der Waals surface area contributed by atoms with Crippen molar-refractivity contribution in [3.63, 3.8) is 0 Å². The van der Waals surface area contributed by atoms with Gasteiger partial charge in [0.2, 0.25) is 5.78 Å². The Morgan fingerprint density at radius 2 is 1.72 bits per heavy atom. The van der Waals surface area contributed by atoms with Crippen molar-refractivity contribution in [2.45, 2.75) is 35.3 Å². The van der Waals surface area contributed by atoms with Crippen LogP contribution in [0.15, 0.2) is 53.6 Å². The highest BCUT2D eigenvalue weighted by Gasteiger charge is 2.54. The Kier molecular flexibility index (Phi) is 4.76. The van der Waals surface area contributed by atoms with Gasteiger partial charge in [-0.1, -0.05) is 31.0 Å². The van der Waals surface area contributed by atoms with Gasteiger partial charge in [-0.2, -0.15) is 0 Å². The van der Waals surface area contributed by atoms with E-state index in [-0.39, 0.29) is 17.7 Å². The van der Waals surface area contributed by atoms with Crippen molar-refractivity contribution in [1.29, 1.82) is 0 Å². The monoisotopic (exact) mass is 361 g/mol. The lowest BCUT2D eigenvalue weighted by Gasteiger charge is -2.26. The van der Waals surface area contributed by atoms with Gasteiger partial charge in [0.05, 0.1) is 10.6 Å². The van der Waals surface area contributed by atoms with Gasteiger partial charge in [0.15, 0.2) is 21.2 Å². The van der Waals surface area contributed by atoms with Crippen molar-refractivity contribution in [3.8, 4) is 0 Å². The second-order valence-corrected chi connectivity index (χ2v) is 8.36. The Hall–Kier alpha value is -2.41. The molecule has 1 N–H and O–H groups in total. The number of carbonyl (C=O) groups is 2. The molecule has 3 rings (SSSR count). The van der Waals surface area contributed by atoms with E-state index in [2.05, 4.69) is 4.98 Å². The highest BCUT2D eigenvalue weighted by atomic mass is 32.2. The van der Waals surface area contributed by atoms with Crippen LogP contribution in [0.25, 0.3) is 0 Å². The number of nitrogens with one attached hydrogen (secondary N) is 1. The SMILES string of the molecule is O=C(COC(=O)C1(S(=O)(=O)c2ccccc2)CCCC1)c1ccc[nH]1. The zero-order valence-corrected chi connectivity index (χ0v) is 14.4. The third-order valence-corrected chi connectivity index (χ3v) is 7.08. The summed E-state index contributed by atoms with van der Waals surface area (Å²) in [6.45, 7) is -0.481. The number of ether oxygens (including phenoxy) is 1. The van der Waals surface area contributed by atoms with E-state index in [0.717, 1.165) is 0 Å². The Morgan fingerprint density at radius 1 is 1.04 bits per heavy atom. The third-order valence-electron chi connectivity index (χ3n) is 4.58. The van der Waals surface area contributed by atoms with Gasteiger partial charge in [0.25, 0.3) is 0 Å². The van der Waals surface area contributed by atoms with Crippen LogP contribution in [0.3, 0.4) is 0 Å². The quantitative estimate of drug-likeness (QED) is 0.630. The highest BCUT2D eigenvalue weighted by Crippen LogP contribution is 2.41. The molecule has 6 nitrogen and oxygen atoms in total. The van der Waals surface area contributed by atoms with Gasteiger partial charge < -0.3 is 9.72 Å². The topological polar surface area (TPSA) is 93.3 Å². The van der Waals surface area contributed by atoms with Gasteiger partial charge >= 0.3 is 5.97 Å². The Morgan fingerprint density at radius 3 is 2.32 bits per heavy atom. The van der Waals surface area contributed by atoms with E-state index in [1.54, 1.807) is 36.5 Å². The normalized spacial score (nSPS) is 16.5. The summed E-state index contributed by atoms with van der Waals surface area (Å²) in [4.78, 5) is 27.5. The van der Waals surface area contributed by atoms with Gasteiger partial charge in [-0.15, -0.1) is 0 Å². The number of Topliss-reactive ketones (excluding diaryl/α,β-unsaturated/α-hetero) is 1. The molecule has 1 aromatic carbocycles. The minimum Gasteiger partial charge on any atom is -0.456 e. The summed E-state index contributed by atoms with van der Waals surface area (Å²) >= 11 is 0. The zero-order chi connectivity index (χ0) is 17.9. The maximum Gasteiger partial charge on any atom is 0.328 e. The molecule has 25 heavy (non-hydrogen) atoms. The van der Waals surface area contributed by atoms with Crippen molar-refractivity contribution >= 4 is 21.6 Å². The molecule has 0 amide bonds. The number of esters is 1. The molecule has 1 aliphatic rings. The summed E-state index contributed by atoms with van der Waals surface area (Å²) in [5.74, 6) is -1.24. The van der Waals surface area contributed by atoms with E-state index in [1.165, 1.54) is 12.1 Å². The molecule has 0 unspecified atom stereocenters. The standard InChI is InChI=1S/C18H19NO5S/c20-16(15-9-6-12-19-15)13-24-17(21)18(10-4-5-11-18)25(22,23)14-7-2-1-3-8-14/h1-3,6-9,12,19H,4-5,10-11,13H2. The average Bonchev–Trinajstić information content (AvgIpc) is 3.32. The number of benzene rings is 1. The first kappa shape index (κ1) is 17.4. The minimum atomic E-state index is -3.89. The van der Waals surface area contributed by atoms with E-state index in [4.69, 9.17) is 4.74 Å². The van der Waals surface area contributed by atoms with Gasteiger partial charge in [0, 0.05) is 6.20 Å². The average molecular weight is 361 g/mol. The van der Waals surface area contributed by atoms with Crippen LogP contribution in [0, 0.1) is 0 Å². The zero-order valence-electron chi connectivity index (χ0n) is 13.6. The third kappa shape index (κ3) is 3.11. The molecule has 0 atom stereocenters. The molecule has 132 valence electrons. The molecule has 7 heteroatoms. The van der Waals surface area contributed by atoms with E-state index >= 15 is 0 Å².